The predicted molar refractivity (Wildman–Crippen MR) is 80.7 cm³/mol. The van der Waals surface area contributed by atoms with Crippen LogP contribution in [0, 0.1) is 6.92 Å². The second kappa shape index (κ2) is 10.9. The lowest BCUT2D eigenvalue weighted by Crippen LogP contribution is -2.85. The van der Waals surface area contributed by atoms with Gasteiger partial charge in [-0.2, -0.15) is 0 Å². The minimum atomic E-state index is 0.521. The Morgan fingerprint density at radius 2 is 1.95 bits per heavy atom. The van der Waals surface area contributed by atoms with Crippen LogP contribution in [0.5, 0.6) is 5.75 Å². The van der Waals surface area contributed by atoms with Gasteiger partial charge in [-0.15, -0.1) is 0 Å². The number of aryl methyl sites for hydroxylation is 1. The number of nitrogens with two attached hydrogens (primary N) is 1. The molecule has 0 amide bonds. The molecule has 20 heavy (non-hydrogen) atoms. The Hall–Kier alpha value is -0.810. The van der Waals surface area contributed by atoms with Gasteiger partial charge in [-0.05, 0) is 24.6 Å². The Morgan fingerprint density at radius 1 is 1.10 bits per heavy atom. The summed E-state index contributed by atoms with van der Waals surface area (Å²) < 4.78 is 16.1. The van der Waals surface area contributed by atoms with Crippen LogP contribution in [0.3, 0.4) is 0 Å². The first kappa shape index (κ1) is 17.2. The molecule has 0 aromatic heterocycles. The summed E-state index contributed by atoms with van der Waals surface area (Å²) in [6.45, 7) is 6.71. The van der Waals surface area contributed by atoms with Gasteiger partial charge in [-0.25, -0.2) is 0 Å². The molecule has 1 aromatic rings. The molecule has 0 saturated heterocycles. The summed E-state index contributed by atoms with van der Waals surface area (Å²) in [6, 6.07) is 5.75. The number of quaternary nitrogens is 1. The third kappa shape index (κ3) is 7.70. The van der Waals surface area contributed by atoms with E-state index in [0.29, 0.717) is 18.2 Å². The fraction of sp³-hybridized carbons (Fsp3) is 0.600. The van der Waals surface area contributed by atoms with Gasteiger partial charge < -0.3 is 19.5 Å². The molecule has 1 rings (SSSR count). The van der Waals surface area contributed by atoms with E-state index < -0.39 is 0 Å². The third-order valence-corrected chi connectivity index (χ3v) is 3.11. The second-order valence-corrected chi connectivity index (χ2v) is 5.01. The predicted octanol–water partition coefficient (Wildman–Crippen LogP) is 1.64. The molecular formula is C15H25ClNO3+. The van der Waals surface area contributed by atoms with Crippen LogP contribution in [0.4, 0.5) is 0 Å². The van der Waals surface area contributed by atoms with E-state index in [1.807, 2.05) is 25.1 Å². The average Bonchev–Trinajstić information content (AvgIpc) is 2.44. The van der Waals surface area contributed by atoms with Crippen molar-refractivity contribution in [2.75, 3.05) is 46.6 Å². The van der Waals surface area contributed by atoms with Gasteiger partial charge in [0.2, 0.25) is 0 Å². The molecule has 0 atom stereocenters. The zero-order chi connectivity index (χ0) is 14.6. The highest BCUT2D eigenvalue weighted by molar-refractivity contribution is 6.32. The Morgan fingerprint density at radius 3 is 2.75 bits per heavy atom. The average molecular weight is 303 g/mol. The SMILES string of the molecule is COCCC[NH2+]CCOCCOc1cc(C)ccc1Cl. The minimum absolute atomic E-state index is 0.521. The fourth-order valence-electron chi connectivity index (χ4n) is 1.72. The number of hydrogen-bond acceptors (Lipinski definition) is 3. The van der Waals surface area contributed by atoms with Crippen LogP contribution in [-0.2, 0) is 9.47 Å². The molecule has 0 saturated carbocycles. The van der Waals surface area contributed by atoms with E-state index >= 15 is 0 Å². The quantitative estimate of drug-likeness (QED) is 0.632. The number of hydrogen-bond donors (Lipinski definition) is 1. The molecule has 0 aliphatic carbocycles. The molecule has 5 heteroatoms. The van der Waals surface area contributed by atoms with E-state index in [0.717, 1.165) is 44.0 Å². The van der Waals surface area contributed by atoms with Crippen LogP contribution >= 0.6 is 11.6 Å². The zero-order valence-corrected chi connectivity index (χ0v) is 13.1. The summed E-state index contributed by atoms with van der Waals surface area (Å²) in [5, 5.41) is 2.87. The molecule has 114 valence electrons. The molecule has 0 aliphatic heterocycles. The molecule has 2 N–H and O–H groups in total. The summed E-state index contributed by atoms with van der Waals surface area (Å²) in [5.41, 5.74) is 1.14. The number of halogens is 1. The monoisotopic (exact) mass is 302 g/mol. The highest BCUT2D eigenvalue weighted by atomic mass is 35.5. The van der Waals surface area contributed by atoms with E-state index in [4.69, 9.17) is 25.8 Å². The summed E-state index contributed by atoms with van der Waals surface area (Å²) in [4.78, 5) is 0. The van der Waals surface area contributed by atoms with Crippen LogP contribution < -0.4 is 10.1 Å². The molecule has 1 aromatic carbocycles. The largest absolute Gasteiger partial charge is 0.490 e. The number of methoxy groups -OCH3 is 1. The van der Waals surface area contributed by atoms with Gasteiger partial charge in [0, 0.05) is 13.5 Å². The van der Waals surface area contributed by atoms with Crippen molar-refractivity contribution in [1.82, 2.24) is 0 Å². The Balaban J connectivity index is 1.98. The smallest absolute Gasteiger partial charge is 0.138 e. The fourth-order valence-corrected chi connectivity index (χ4v) is 1.89. The molecule has 0 spiro atoms. The lowest BCUT2D eigenvalue weighted by molar-refractivity contribution is -0.656. The molecular weight excluding hydrogens is 278 g/mol. The third-order valence-electron chi connectivity index (χ3n) is 2.79. The van der Waals surface area contributed by atoms with Crippen molar-refractivity contribution in [2.24, 2.45) is 0 Å². The van der Waals surface area contributed by atoms with Gasteiger partial charge in [0.25, 0.3) is 0 Å². The van der Waals surface area contributed by atoms with Crippen molar-refractivity contribution in [3.63, 3.8) is 0 Å². The van der Waals surface area contributed by atoms with Crippen LogP contribution in [-0.4, -0.2) is 46.6 Å². The van der Waals surface area contributed by atoms with Crippen molar-refractivity contribution in [3.05, 3.63) is 28.8 Å². The van der Waals surface area contributed by atoms with Crippen LogP contribution in [0.2, 0.25) is 5.02 Å². The van der Waals surface area contributed by atoms with Gasteiger partial charge >= 0.3 is 0 Å². The molecule has 4 nitrogen and oxygen atoms in total. The van der Waals surface area contributed by atoms with E-state index in [1.54, 1.807) is 7.11 Å². The summed E-state index contributed by atoms with van der Waals surface area (Å²) in [7, 11) is 1.73. The lowest BCUT2D eigenvalue weighted by atomic mass is 10.2. The maximum absolute atomic E-state index is 6.04. The van der Waals surface area contributed by atoms with Crippen molar-refractivity contribution >= 4 is 11.6 Å². The first-order chi connectivity index (χ1) is 9.74. The highest BCUT2D eigenvalue weighted by Gasteiger charge is 2.01. The van der Waals surface area contributed by atoms with Crippen molar-refractivity contribution in [3.8, 4) is 5.75 Å². The topological polar surface area (TPSA) is 44.3 Å². The number of benzene rings is 1. The molecule has 0 heterocycles. The molecule has 0 bridgehead atoms. The Labute approximate surface area is 126 Å². The minimum Gasteiger partial charge on any atom is -0.490 e. The molecule has 0 fully saturated rings. The summed E-state index contributed by atoms with van der Waals surface area (Å²) in [5.74, 6) is 0.724. The van der Waals surface area contributed by atoms with Crippen LogP contribution in [0.25, 0.3) is 0 Å². The van der Waals surface area contributed by atoms with E-state index in [2.05, 4.69) is 5.32 Å². The first-order valence-corrected chi connectivity index (χ1v) is 7.39. The van der Waals surface area contributed by atoms with Crippen molar-refractivity contribution < 1.29 is 19.5 Å². The zero-order valence-electron chi connectivity index (χ0n) is 12.4. The normalized spacial score (nSPS) is 10.8. The van der Waals surface area contributed by atoms with E-state index in [1.165, 1.54) is 0 Å². The summed E-state index contributed by atoms with van der Waals surface area (Å²) >= 11 is 6.04. The standard InChI is InChI=1S/C15H24ClNO3/c1-13-4-5-14(16)15(12-13)20-11-10-19-9-7-17-6-3-8-18-2/h4-5,12,17H,3,6-11H2,1-2H3/p+1. The van der Waals surface area contributed by atoms with Crippen LogP contribution in [0.1, 0.15) is 12.0 Å². The lowest BCUT2D eigenvalue weighted by Gasteiger charge is -2.09. The van der Waals surface area contributed by atoms with Crippen molar-refractivity contribution in [2.45, 2.75) is 13.3 Å². The van der Waals surface area contributed by atoms with E-state index in [-0.39, 0.29) is 0 Å². The number of rotatable bonds is 11. The second-order valence-electron chi connectivity index (χ2n) is 4.61. The maximum atomic E-state index is 6.04. The summed E-state index contributed by atoms with van der Waals surface area (Å²) in [6.07, 6.45) is 1.07. The van der Waals surface area contributed by atoms with Gasteiger partial charge in [-0.1, -0.05) is 17.7 Å². The van der Waals surface area contributed by atoms with Gasteiger partial charge in [0.1, 0.15) is 12.4 Å². The van der Waals surface area contributed by atoms with E-state index in [9.17, 15) is 0 Å². The molecule has 0 aliphatic rings. The first-order valence-electron chi connectivity index (χ1n) is 7.01. The van der Waals surface area contributed by atoms with Crippen LogP contribution in [0.15, 0.2) is 18.2 Å². The number of ether oxygens (including phenoxy) is 3. The van der Waals surface area contributed by atoms with Gasteiger partial charge in [0.15, 0.2) is 0 Å². The molecule has 0 unspecified atom stereocenters. The Kier molecular flexibility index (Phi) is 9.41. The van der Waals surface area contributed by atoms with Gasteiger partial charge in [-0.3, -0.25) is 0 Å². The molecule has 0 radical (unpaired) electrons. The maximum Gasteiger partial charge on any atom is 0.138 e. The van der Waals surface area contributed by atoms with Crippen molar-refractivity contribution in [1.29, 1.82) is 0 Å². The Bertz CT molecular complexity index is 374. The van der Waals surface area contributed by atoms with Gasteiger partial charge in [0.05, 0.1) is 37.9 Å². The highest BCUT2D eigenvalue weighted by Crippen LogP contribution is 2.24.